The fourth-order valence-corrected chi connectivity index (χ4v) is 3.69. The quantitative estimate of drug-likeness (QED) is 0.795. The van der Waals surface area contributed by atoms with E-state index in [1.807, 2.05) is 11.0 Å². The second kappa shape index (κ2) is 6.21. The molecule has 0 aliphatic carbocycles. The highest BCUT2D eigenvalue weighted by atomic mass is 79.9. The van der Waals surface area contributed by atoms with Gasteiger partial charge >= 0.3 is 0 Å². The molecule has 0 aromatic heterocycles. The summed E-state index contributed by atoms with van der Waals surface area (Å²) in [6.45, 7) is 3.42. The zero-order valence-corrected chi connectivity index (χ0v) is 13.7. The van der Waals surface area contributed by atoms with Crippen LogP contribution in [-0.2, 0) is 6.54 Å². The highest BCUT2D eigenvalue weighted by Gasteiger charge is 2.35. The van der Waals surface area contributed by atoms with Gasteiger partial charge in [0.05, 0.1) is 6.54 Å². The van der Waals surface area contributed by atoms with Crippen LogP contribution in [0.25, 0.3) is 0 Å². The van der Waals surface area contributed by atoms with Crippen LogP contribution in [-0.4, -0.2) is 37.0 Å². The zero-order chi connectivity index (χ0) is 14.9. The Hall–Kier alpha value is -0.680. The number of hydrogen-bond donors (Lipinski definition) is 0. The van der Waals surface area contributed by atoms with Gasteiger partial charge in [0.2, 0.25) is 0 Å². The average Bonchev–Trinajstić information content (AvgIpc) is 2.93. The molecule has 0 N–H and O–H groups in total. The van der Waals surface area contributed by atoms with Crippen molar-refractivity contribution in [1.29, 1.82) is 0 Å². The predicted molar refractivity (Wildman–Crippen MR) is 85.0 cm³/mol. The van der Waals surface area contributed by atoms with E-state index in [1.165, 1.54) is 18.5 Å². The molecule has 3 rings (SSSR count). The van der Waals surface area contributed by atoms with Crippen LogP contribution >= 0.6 is 15.9 Å². The van der Waals surface area contributed by atoms with Crippen molar-refractivity contribution in [3.05, 3.63) is 28.2 Å². The first-order chi connectivity index (χ1) is 10.0. The van der Waals surface area contributed by atoms with E-state index < -0.39 is 5.92 Å². The molecule has 5 heteroatoms. The molecule has 0 atom stereocenters. The third-order valence-electron chi connectivity index (χ3n) is 4.36. The molecule has 2 heterocycles. The lowest BCUT2D eigenvalue weighted by Crippen LogP contribution is -2.42. The first-order valence-electron chi connectivity index (χ1n) is 7.67. The Balaban J connectivity index is 1.78. The Morgan fingerprint density at radius 2 is 1.86 bits per heavy atom. The minimum absolute atomic E-state index is 0.0306. The normalized spacial score (nSPS) is 22.7. The van der Waals surface area contributed by atoms with Crippen LogP contribution in [0.1, 0.15) is 31.2 Å². The molecule has 0 amide bonds. The van der Waals surface area contributed by atoms with Crippen molar-refractivity contribution >= 4 is 21.6 Å². The largest absolute Gasteiger partial charge is 0.371 e. The second-order valence-corrected chi connectivity index (χ2v) is 7.05. The van der Waals surface area contributed by atoms with Crippen LogP contribution in [0.15, 0.2) is 22.7 Å². The predicted octanol–water partition coefficient (Wildman–Crippen LogP) is 4.28. The lowest BCUT2D eigenvalue weighted by atomic mass is 10.1. The van der Waals surface area contributed by atoms with Crippen molar-refractivity contribution in [3.8, 4) is 0 Å². The summed E-state index contributed by atoms with van der Waals surface area (Å²) in [5.41, 5.74) is 2.37. The van der Waals surface area contributed by atoms with Crippen molar-refractivity contribution in [2.45, 2.75) is 38.2 Å². The first kappa shape index (κ1) is 15.2. The topological polar surface area (TPSA) is 6.48 Å². The molecular weight excluding hydrogens is 338 g/mol. The van der Waals surface area contributed by atoms with Gasteiger partial charge in [-0.3, -0.25) is 4.90 Å². The summed E-state index contributed by atoms with van der Waals surface area (Å²) < 4.78 is 28.2. The molecule has 21 heavy (non-hydrogen) atoms. The van der Waals surface area contributed by atoms with Gasteiger partial charge in [0.15, 0.2) is 0 Å². The van der Waals surface area contributed by atoms with Crippen LogP contribution in [0.2, 0.25) is 0 Å². The van der Waals surface area contributed by atoms with Gasteiger partial charge in [-0.15, -0.1) is 0 Å². The van der Waals surface area contributed by atoms with Crippen molar-refractivity contribution in [3.63, 3.8) is 0 Å². The van der Waals surface area contributed by atoms with E-state index in [0.29, 0.717) is 13.0 Å². The van der Waals surface area contributed by atoms with Crippen LogP contribution in [0.4, 0.5) is 14.5 Å². The van der Waals surface area contributed by atoms with E-state index in [4.69, 9.17) is 0 Å². The van der Waals surface area contributed by atoms with Crippen LogP contribution < -0.4 is 4.90 Å². The SMILES string of the molecule is FC1(F)CCCN(Cc2ccc(Br)cc2N2CCCC2)C1. The Bertz CT molecular complexity index is 501. The Morgan fingerprint density at radius 3 is 2.57 bits per heavy atom. The molecule has 2 fully saturated rings. The number of likely N-dealkylation sites (tertiary alicyclic amines) is 1. The number of nitrogens with zero attached hydrogens (tertiary/aromatic N) is 2. The van der Waals surface area contributed by atoms with Crippen molar-refractivity contribution in [1.82, 2.24) is 4.90 Å². The maximum atomic E-state index is 13.6. The van der Waals surface area contributed by atoms with Gasteiger partial charge < -0.3 is 4.90 Å². The van der Waals surface area contributed by atoms with E-state index in [2.05, 4.69) is 33.0 Å². The smallest absolute Gasteiger partial charge is 0.260 e. The van der Waals surface area contributed by atoms with Crippen molar-refractivity contribution in [2.75, 3.05) is 31.1 Å². The van der Waals surface area contributed by atoms with E-state index in [1.54, 1.807) is 0 Å². The number of anilines is 1. The minimum Gasteiger partial charge on any atom is -0.371 e. The number of halogens is 3. The first-order valence-corrected chi connectivity index (χ1v) is 8.46. The van der Waals surface area contributed by atoms with Gasteiger partial charge in [-0.05, 0) is 43.5 Å². The van der Waals surface area contributed by atoms with E-state index in [-0.39, 0.29) is 13.0 Å². The van der Waals surface area contributed by atoms with E-state index >= 15 is 0 Å². The Morgan fingerprint density at radius 1 is 1.10 bits per heavy atom. The van der Waals surface area contributed by atoms with Crippen molar-refractivity contribution < 1.29 is 8.78 Å². The van der Waals surface area contributed by atoms with Crippen molar-refractivity contribution in [2.24, 2.45) is 0 Å². The standard InChI is InChI=1S/C16H21BrF2N2/c17-14-5-4-13(15(10-14)21-8-1-2-9-21)11-20-7-3-6-16(18,19)12-20/h4-5,10H,1-3,6-9,11-12H2. The molecule has 0 bridgehead atoms. The molecule has 2 nitrogen and oxygen atoms in total. The van der Waals surface area contributed by atoms with Gasteiger partial charge in [0.25, 0.3) is 5.92 Å². The maximum absolute atomic E-state index is 13.6. The molecule has 0 unspecified atom stereocenters. The summed E-state index contributed by atoms with van der Waals surface area (Å²) in [5.74, 6) is -2.53. The molecule has 2 saturated heterocycles. The van der Waals surface area contributed by atoms with E-state index in [0.717, 1.165) is 29.7 Å². The van der Waals surface area contributed by atoms with E-state index in [9.17, 15) is 8.78 Å². The number of benzene rings is 1. The monoisotopic (exact) mass is 358 g/mol. The highest BCUT2D eigenvalue weighted by molar-refractivity contribution is 9.10. The summed E-state index contributed by atoms with van der Waals surface area (Å²) in [6, 6.07) is 6.21. The number of hydrogen-bond acceptors (Lipinski definition) is 2. The molecule has 116 valence electrons. The summed E-state index contributed by atoms with van der Waals surface area (Å²) in [5, 5.41) is 0. The second-order valence-electron chi connectivity index (χ2n) is 6.14. The molecule has 0 radical (unpaired) electrons. The van der Waals surface area contributed by atoms with Gasteiger partial charge in [0, 0.05) is 36.2 Å². The highest BCUT2D eigenvalue weighted by Crippen LogP contribution is 2.32. The molecule has 1 aromatic carbocycles. The summed E-state index contributed by atoms with van der Waals surface area (Å²) >= 11 is 3.53. The molecule has 0 saturated carbocycles. The number of piperidine rings is 1. The third-order valence-corrected chi connectivity index (χ3v) is 4.85. The molecule has 2 aliphatic heterocycles. The summed E-state index contributed by atoms with van der Waals surface area (Å²) in [7, 11) is 0. The summed E-state index contributed by atoms with van der Waals surface area (Å²) in [4.78, 5) is 4.27. The fourth-order valence-electron chi connectivity index (χ4n) is 3.35. The van der Waals surface area contributed by atoms with Gasteiger partial charge in [-0.1, -0.05) is 22.0 Å². The van der Waals surface area contributed by atoms with Crippen LogP contribution in [0.3, 0.4) is 0 Å². The van der Waals surface area contributed by atoms with Crippen LogP contribution in [0.5, 0.6) is 0 Å². The van der Waals surface area contributed by atoms with Gasteiger partial charge in [0.1, 0.15) is 0 Å². The average molecular weight is 359 g/mol. The molecular formula is C16H21BrF2N2. The molecule has 1 aromatic rings. The summed E-state index contributed by atoms with van der Waals surface area (Å²) in [6.07, 6.45) is 3.05. The Kier molecular flexibility index (Phi) is 4.50. The van der Waals surface area contributed by atoms with Gasteiger partial charge in [-0.2, -0.15) is 0 Å². The minimum atomic E-state index is -2.53. The molecule has 2 aliphatic rings. The third kappa shape index (κ3) is 3.75. The Labute approximate surface area is 133 Å². The van der Waals surface area contributed by atoms with Gasteiger partial charge in [-0.25, -0.2) is 8.78 Å². The lowest BCUT2D eigenvalue weighted by molar-refractivity contribution is -0.0660. The fraction of sp³-hybridized carbons (Fsp3) is 0.625. The number of rotatable bonds is 3. The maximum Gasteiger partial charge on any atom is 0.260 e. The molecule has 0 spiro atoms. The van der Waals surface area contributed by atoms with Crippen LogP contribution in [0, 0.1) is 0 Å². The lowest BCUT2D eigenvalue weighted by Gasteiger charge is -2.33. The number of alkyl halides is 2. The zero-order valence-electron chi connectivity index (χ0n) is 12.1.